The van der Waals surface area contributed by atoms with E-state index in [2.05, 4.69) is 0 Å². The van der Waals surface area contributed by atoms with Gasteiger partial charge in [-0.2, -0.15) is 17.6 Å². The second-order valence-corrected chi connectivity index (χ2v) is 3.08. The Morgan fingerprint density at radius 1 is 0.846 bits per heavy atom. The van der Waals surface area contributed by atoms with E-state index in [9.17, 15) is 30.7 Å². The van der Waals surface area contributed by atoms with Crippen molar-refractivity contribution in [1.82, 2.24) is 0 Å². The van der Waals surface area contributed by atoms with E-state index in [0.717, 1.165) is 0 Å². The molecule has 0 heterocycles. The summed E-state index contributed by atoms with van der Waals surface area (Å²) in [6.07, 6.45) is -7.32. The molecule has 13 heavy (non-hydrogen) atoms. The van der Waals surface area contributed by atoms with Gasteiger partial charge in [0.25, 0.3) is 0 Å². The van der Waals surface area contributed by atoms with Crippen molar-refractivity contribution in [3.8, 4) is 0 Å². The van der Waals surface area contributed by atoms with Crippen LogP contribution in [0, 0.1) is 0 Å². The van der Waals surface area contributed by atoms with E-state index in [1.165, 1.54) is 0 Å². The maximum absolute atomic E-state index is 12.7. The standard InChI is InChI=1S/C6H5F7/c1-4(9)2(7)3(8)5(10,11)6(4,12)13/h2-3H,1H3/t2-,3-,4?/m1/s1. The van der Waals surface area contributed by atoms with Crippen LogP contribution in [0.5, 0.6) is 0 Å². The number of hydrogen-bond donors (Lipinski definition) is 0. The molecule has 0 aromatic rings. The number of rotatable bonds is 0. The van der Waals surface area contributed by atoms with Crippen LogP contribution in [0.4, 0.5) is 30.7 Å². The van der Waals surface area contributed by atoms with Crippen LogP contribution >= 0.6 is 0 Å². The van der Waals surface area contributed by atoms with Gasteiger partial charge in [-0.15, -0.1) is 0 Å². The molecule has 0 aromatic carbocycles. The molecule has 0 radical (unpaired) electrons. The van der Waals surface area contributed by atoms with Gasteiger partial charge in [-0.25, -0.2) is 13.2 Å². The number of hydrogen-bond acceptors (Lipinski definition) is 0. The second-order valence-electron chi connectivity index (χ2n) is 3.08. The molecule has 0 nitrogen and oxygen atoms in total. The van der Waals surface area contributed by atoms with Gasteiger partial charge < -0.3 is 0 Å². The molecule has 3 atom stereocenters. The van der Waals surface area contributed by atoms with E-state index in [0.29, 0.717) is 0 Å². The SMILES string of the molecule is CC1(F)[C@H](F)[C@@H](F)C(F)(F)C1(F)F. The zero-order chi connectivity index (χ0) is 10.7. The van der Waals surface area contributed by atoms with Crippen LogP contribution in [-0.4, -0.2) is 29.9 Å². The van der Waals surface area contributed by atoms with Crippen LogP contribution in [-0.2, 0) is 0 Å². The molecule has 1 saturated carbocycles. The van der Waals surface area contributed by atoms with Crippen molar-refractivity contribution in [3.63, 3.8) is 0 Å². The lowest BCUT2D eigenvalue weighted by Gasteiger charge is -2.25. The van der Waals surface area contributed by atoms with Gasteiger partial charge >= 0.3 is 11.8 Å². The molecule has 7 heteroatoms. The van der Waals surface area contributed by atoms with Crippen LogP contribution in [0.2, 0.25) is 0 Å². The highest BCUT2D eigenvalue weighted by molar-refractivity contribution is 5.17. The Balaban J connectivity index is 3.23. The maximum atomic E-state index is 12.7. The summed E-state index contributed by atoms with van der Waals surface area (Å²) in [6, 6.07) is 0. The zero-order valence-corrected chi connectivity index (χ0v) is 6.30. The van der Waals surface area contributed by atoms with Gasteiger partial charge in [0.1, 0.15) is 0 Å². The Hall–Kier alpha value is -0.490. The Bertz CT molecular complexity index is 199. The monoisotopic (exact) mass is 210 g/mol. The minimum Gasteiger partial charge on any atom is -0.240 e. The summed E-state index contributed by atoms with van der Waals surface area (Å²) < 4.78 is 86.6. The minimum absolute atomic E-state index is 0.0782. The Kier molecular flexibility index (Phi) is 1.87. The largest absolute Gasteiger partial charge is 0.349 e. The lowest BCUT2D eigenvalue weighted by molar-refractivity contribution is -0.244. The summed E-state index contributed by atoms with van der Waals surface area (Å²) in [5.74, 6) is -10.6. The van der Waals surface area contributed by atoms with Gasteiger partial charge in [0.15, 0.2) is 6.17 Å². The van der Waals surface area contributed by atoms with Gasteiger partial charge in [0.05, 0.1) is 0 Å². The topological polar surface area (TPSA) is 0 Å². The van der Waals surface area contributed by atoms with Crippen molar-refractivity contribution in [3.05, 3.63) is 0 Å². The van der Waals surface area contributed by atoms with E-state index < -0.39 is 29.9 Å². The third-order valence-corrected chi connectivity index (χ3v) is 2.15. The molecule has 78 valence electrons. The molecule has 0 spiro atoms. The summed E-state index contributed by atoms with van der Waals surface area (Å²) >= 11 is 0. The van der Waals surface area contributed by atoms with Crippen LogP contribution in [0.1, 0.15) is 6.92 Å². The minimum atomic E-state index is -5.32. The predicted molar refractivity (Wildman–Crippen MR) is 29.2 cm³/mol. The molecule has 0 saturated heterocycles. The Labute approximate surface area is 68.7 Å². The van der Waals surface area contributed by atoms with Crippen molar-refractivity contribution in [1.29, 1.82) is 0 Å². The smallest absolute Gasteiger partial charge is 0.240 e. The van der Waals surface area contributed by atoms with Crippen molar-refractivity contribution in [2.75, 3.05) is 0 Å². The van der Waals surface area contributed by atoms with Crippen LogP contribution < -0.4 is 0 Å². The van der Waals surface area contributed by atoms with E-state index >= 15 is 0 Å². The van der Waals surface area contributed by atoms with Gasteiger partial charge in [0, 0.05) is 0 Å². The fourth-order valence-corrected chi connectivity index (χ4v) is 1.13. The van der Waals surface area contributed by atoms with E-state index in [1.54, 1.807) is 0 Å². The summed E-state index contributed by atoms with van der Waals surface area (Å²) in [5.41, 5.74) is -4.17. The second kappa shape index (κ2) is 2.30. The molecule has 0 N–H and O–H groups in total. The van der Waals surface area contributed by atoms with Crippen molar-refractivity contribution < 1.29 is 30.7 Å². The Morgan fingerprint density at radius 3 is 1.31 bits per heavy atom. The lowest BCUT2D eigenvalue weighted by Crippen LogP contribution is -2.49. The van der Waals surface area contributed by atoms with Crippen molar-refractivity contribution in [2.24, 2.45) is 0 Å². The zero-order valence-electron chi connectivity index (χ0n) is 6.30. The highest BCUT2D eigenvalue weighted by Crippen LogP contribution is 2.57. The first-order valence-electron chi connectivity index (χ1n) is 3.29. The molecule has 0 aliphatic heterocycles. The normalized spacial score (nSPS) is 48.0. The third-order valence-electron chi connectivity index (χ3n) is 2.15. The van der Waals surface area contributed by atoms with Crippen LogP contribution in [0.25, 0.3) is 0 Å². The summed E-state index contributed by atoms with van der Waals surface area (Å²) in [7, 11) is 0. The molecule has 1 unspecified atom stereocenters. The first-order chi connectivity index (χ1) is 5.57. The fourth-order valence-electron chi connectivity index (χ4n) is 1.13. The highest BCUT2D eigenvalue weighted by Gasteiger charge is 2.83. The average Bonchev–Trinajstić information content (AvgIpc) is 2.05. The average molecular weight is 210 g/mol. The molecule has 1 fully saturated rings. The van der Waals surface area contributed by atoms with Crippen molar-refractivity contribution >= 4 is 0 Å². The number of alkyl halides is 7. The van der Waals surface area contributed by atoms with E-state index in [1.807, 2.05) is 0 Å². The highest BCUT2D eigenvalue weighted by atomic mass is 19.3. The van der Waals surface area contributed by atoms with Crippen molar-refractivity contribution in [2.45, 2.75) is 36.8 Å². The van der Waals surface area contributed by atoms with Crippen LogP contribution in [0.3, 0.4) is 0 Å². The van der Waals surface area contributed by atoms with E-state index in [-0.39, 0.29) is 6.92 Å². The number of halogens is 7. The molecule has 1 aliphatic rings. The van der Waals surface area contributed by atoms with Gasteiger partial charge in [0.2, 0.25) is 11.8 Å². The molecular formula is C6H5F7. The maximum Gasteiger partial charge on any atom is 0.349 e. The molecule has 0 bridgehead atoms. The molecule has 0 aromatic heterocycles. The first kappa shape index (κ1) is 10.6. The molecular weight excluding hydrogens is 205 g/mol. The fraction of sp³-hybridized carbons (Fsp3) is 1.00. The molecule has 1 aliphatic carbocycles. The predicted octanol–water partition coefficient (Wildman–Crippen LogP) is 2.68. The summed E-state index contributed by atoms with van der Waals surface area (Å²) in [5, 5.41) is 0. The van der Waals surface area contributed by atoms with Gasteiger partial charge in [-0.3, -0.25) is 0 Å². The summed E-state index contributed by atoms with van der Waals surface area (Å²) in [6.45, 7) is -0.0782. The Morgan fingerprint density at radius 2 is 1.23 bits per heavy atom. The first-order valence-corrected chi connectivity index (χ1v) is 3.29. The third kappa shape index (κ3) is 0.927. The molecule has 0 amide bonds. The lowest BCUT2D eigenvalue weighted by atomic mass is 10.0. The van der Waals surface area contributed by atoms with Crippen LogP contribution in [0.15, 0.2) is 0 Å². The van der Waals surface area contributed by atoms with Gasteiger partial charge in [-0.1, -0.05) is 0 Å². The molecule has 1 rings (SSSR count). The van der Waals surface area contributed by atoms with E-state index in [4.69, 9.17) is 0 Å². The quantitative estimate of drug-likeness (QED) is 0.539. The van der Waals surface area contributed by atoms with Gasteiger partial charge in [-0.05, 0) is 6.92 Å². The summed E-state index contributed by atoms with van der Waals surface area (Å²) in [4.78, 5) is 0.